The zero-order valence-corrected chi connectivity index (χ0v) is 10.3. The minimum absolute atomic E-state index is 0.0252. The second kappa shape index (κ2) is 4.44. The van der Waals surface area contributed by atoms with E-state index in [9.17, 15) is 8.78 Å². The number of halogens is 2. The maximum absolute atomic E-state index is 12.7. The van der Waals surface area contributed by atoms with Crippen molar-refractivity contribution in [3.8, 4) is 0 Å². The molecule has 0 spiro atoms. The molecule has 2 fully saturated rings. The van der Waals surface area contributed by atoms with Crippen molar-refractivity contribution in [3.05, 3.63) is 23.7 Å². The van der Waals surface area contributed by atoms with E-state index in [2.05, 4.69) is 10.2 Å². The van der Waals surface area contributed by atoms with Gasteiger partial charge in [-0.15, -0.1) is 0 Å². The first-order valence-electron chi connectivity index (χ1n) is 6.55. The van der Waals surface area contributed by atoms with Crippen molar-refractivity contribution >= 4 is 0 Å². The highest BCUT2D eigenvalue weighted by Crippen LogP contribution is 2.48. The van der Waals surface area contributed by atoms with E-state index >= 15 is 0 Å². The van der Waals surface area contributed by atoms with Crippen molar-refractivity contribution in [3.63, 3.8) is 0 Å². The Balaban J connectivity index is 1.50. The lowest BCUT2D eigenvalue weighted by Gasteiger charge is -2.25. The molecule has 1 N–H and O–H groups in total. The van der Waals surface area contributed by atoms with Crippen LogP contribution >= 0.6 is 0 Å². The molecule has 100 valence electrons. The largest absolute Gasteiger partial charge is 0.496 e. The number of allylic oxidation sites excluding steroid dienone is 2. The van der Waals surface area contributed by atoms with Crippen molar-refractivity contribution in [1.29, 1.82) is 0 Å². The number of hydrogen-bond donors (Lipinski definition) is 1. The second-order valence-electron chi connectivity index (χ2n) is 5.21. The van der Waals surface area contributed by atoms with Crippen molar-refractivity contribution in [2.24, 2.45) is 5.92 Å². The quantitative estimate of drug-likeness (QED) is 0.833. The van der Waals surface area contributed by atoms with Gasteiger partial charge in [0.25, 0.3) is 5.92 Å². The summed E-state index contributed by atoms with van der Waals surface area (Å²) in [5.74, 6) is -1.20. The fourth-order valence-corrected chi connectivity index (χ4v) is 2.40. The normalized spacial score (nSPS) is 29.4. The van der Waals surface area contributed by atoms with Crippen LogP contribution in [0.4, 0.5) is 8.78 Å². The third-order valence-corrected chi connectivity index (χ3v) is 3.74. The first-order valence-corrected chi connectivity index (χ1v) is 6.55. The smallest absolute Gasteiger partial charge is 0.255 e. The minimum Gasteiger partial charge on any atom is -0.496 e. The van der Waals surface area contributed by atoms with Gasteiger partial charge in [-0.3, -0.25) is 0 Å². The van der Waals surface area contributed by atoms with E-state index in [4.69, 9.17) is 4.74 Å². The number of alkyl halides is 2. The summed E-state index contributed by atoms with van der Waals surface area (Å²) in [5, 5.41) is 3.28. The van der Waals surface area contributed by atoms with Crippen LogP contribution in [0.2, 0.25) is 0 Å². The van der Waals surface area contributed by atoms with Gasteiger partial charge in [0.15, 0.2) is 0 Å². The topological polar surface area (TPSA) is 24.5 Å². The molecule has 1 atom stereocenters. The highest BCUT2D eigenvalue weighted by atomic mass is 19.3. The number of likely N-dealkylation sites (tertiary alicyclic amines) is 1. The molecular weight excluding hydrogens is 238 g/mol. The Hall–Kier alpha value is -1.26. The van der Waals surface area contributed by atoms with Crippen LogP contribution in [0.5, 0.6) is 0 Å². The zero-order valence-electron chi connectivity index (χ0n) is 10.3. The van der Waals surface area contributed by atoms with E-state index in [0.717, 1.165) is 24.7 Å². The summed E-state index contributed by atoms with van der Waals surface area (Å²) >= 11 is 0. The van der Waals surface area contributed by atoms with Gasteiger partial charge in [0.2, 0.25) is 0 Å². The summed E-state index contributed by atoms with van der Waals surface area (Å²) in [6.07, 6.45) is 6.33. The van der Waals surface area contributed by atoms with Gasteiger partial charge in [0.1, 0.15) is 11.6 Å². The Kier molecular flexibility index (Phi) is 2.92. The number of hydrogen-bond acceptors (Lipinski definition) is 3. The molecule has 0 amide bonds. The van der Waals surface area contributed by atoms with Gasteiger partial charge in [-0.2, -0.15) is 0 Å². The van der Waals surface area contributed by atoms with Crippen molar-refractivity contribution in [1.82, 2.24) is 10.2 Å². The standard InChI is InChI=1S/C13H18F2N2O/c14-13(15)7-10(13)9-18-11-3-4-12(16-8-11)17-5-1-2-6-17/h3-4,10,16H,1-2,5-9H2/t10-/m1/s1. The summed E-state index contributed by atoms with van der Waals surface area (Å²) in [5.41, 5.74) is 0. The van der Waals surface area contributed by atoms with Crippen LogP contribution in [-0.2, 0) is 4.74 Å². The van der Waals surface area contributed by atoms with E-state index in [-0.39, 0.29) is 13.0 Å². The van der Waals surface area contributed by atoms with Crippen molar-refractivity contribution in [2.45, 2.75) is 25.2 Å². The lowest BCUT2D eigenvalue weighted by molar-refractivity contribution is 0.0727. The number of dihydropyridines is 1. The van der Waals surface area contributed by atoms with E-state index in [1.165, 1.54) is 12.8 Å². The predicted octanol–water partition coefficient (Wildman–Crippen LogP) is 2.08. The predicted molar refractivity (Wildman–Crippen MR) is 64.0 cm³/mol. The van der Waals surface area contributed by atoms with Gasteiger partial charge < -0.3 is 15.0 Å². The maximum Gasteiger partial charge on any atom is 0.255 e. The third-order valence-electron chi connectivity index (χ3n) is 3.74. The van der Waals surface area contributed by atoms with E-state index in [0.29, 0.717) is 6.54 Å². The highest BCUT2D eigenvalue weighted by molar-refractivity contribution is 5.20. The zero-order chi connectivity index (χ0) is 12.6. The Morgan fingerprint density at radius 3 is 2.61 bits per heavy atom. The summed E-state index contributed by atoms with van der Waals surface area (Å²) in [7, 11) is 0. The maximum atomic E-state index is 12.7. The van der Waals surface area contributed by atoms with Crippen LogP contribution in [0.1, 0.15) is 19.3 Å². The molecule has 18 heavy (non-hydrogen) atoms. The van der Waals surface area contributed by atoms with Gasteiger partial charge in [0.05, 0.1) is 19.1 Å². The van der Waals surface area contributed by atoms with Gasteiger partial charge in [-0.25, -0.2) is 8.78 Å². The van der Waals surface area contributed by atoms with E-state index in [1.807, 2.05) is 12.2 Å². The minimum atomic E-state index is -2.49. The van der Waals surface area contributed by atoms with Crippen LogP contribution < -0.4 is 5.32 Å². The molecule has 2 heterocycles. The Morgan fingerprint density at radius 2 is 2.06 bits per heavy atom. The van der Waals surface area contributed by atoms with E-state index < -0.39 is 11.8 Å². The summed E-state index contributed by atoms with van der Waals surface area (Å²) in [6.45, 7) is 2.92. The molecular formula is C13H18F2N2O. The fraction of sp³-hybridized carbons (Fsp3) is 0.692. The molecule has 1 saturated carbocycles. The van der Waals surface area contributed by atoms with Crippen molar-refractivity contribution < 1.29 is 13.5 Å². The number of rotatable bonds is 4. The number of nitrogens with zero attached hydrogens (tertiary/aromatic N) is 1. The van der Waals surface area contributed by atoms with Crippen LogP contribution in [0.15, 0.2) is 23.7 Å². The lowest BCUT2D eigenvalue weighted by atomic mass is 10.3. The first kappa shape index (κ1) is 11.8. The van der Waals surface area contributed by atoms with E-state index in [1.54, 1.807) is 0 Å². The molecule has 5 heteroatoms. The SMILES string of the molecule is FC1(F)C[C@@H]1COC1=CC=C(N2CCCC2)NC1. The molecule has 3 nitrogen and oxygen atoms in total. The molecule has 2 aliphatic heterocycles. The first-order chi connectivity index (χ1) is 8.65. The average Bonchev–Trinajstić information content (AvgIpc) is 2.82. The summed E-state index contributed by atoms with van der Waals surface area (Å²) in [4.78, 5) is 2.31. The van der Waals surface area contributed by atoms with Crippen LogP contribution in [-0.4, -0.2) is 37.1 Å². The lowest BCUT2D eigenvalue weighted by Crippen LogP contribution is -2.32. The fourth-order valence-electron chi connectivity index (χ4n) is 2.40. The van der Waals surface area contributed by atoms with Gasteiger partial charge >= 0.3 is 0 Å². The monoisotopic (exact) mass is 256 g/mol. The molecule has 0 radical (unpaired) electrons. The Morgan fingerprint density at radius 1 is 1.33 bits per heavy atom. The van der Waals surface area contributed by atoms with Crippen LogP contribution in [0, 0.1) is 5.92 Å². The summed E-state index contributed by atoms with van der Waals surface area (Å²) in [6, 6.07) is 0. The molecule has 0 aromatic heterocycles. The molecule has 3 rings (SSSR count). The van der Waals surface area contributed by atoms with Crippen molar-refractivity contribution in [2.75, 3.05) is 26.2 Å². The Labute approximate surface area is 105 Å². The molecule has 0 unspecified atom stereocenters. The number of ether oxygens (including phenoxy) is 1. The molecule has 0 aromatic carbocycles. The molecule has 0 aromatic rings. The third kappa shape index (κ3) is 2.44. The highest BCUT2D eigenvalue weighted by Gasteiger charge is 2.57. The van der Waals surface area contributed by atoms with Gasteiger partial charge in [-0.1, -0.05) is 0 Å². The Bertz CT molecular complexity index is 386. The van der Waals surface area contributed by atoms with Gasteiger partial charge in [0, 0.05) is 19.5 Å². The molecule has 1 saturated heterocycles. The molecule has 0 bridgehead atoms. The van der Waals surface area contributed by atoms with Crippen LogP contribution in [0.25, 0.3) is 0 Å². The summed E-state index contributed by atoms with van der Waals surface area (Å²) < 4.78 is 30.8. The molecule has 3 aliphatic rings. The second-order valence-corrected chi connectivity index (χ2v) is 5.21. The van der Waals surface area contributed by atoms with Gasteiger partial charge in [-0.05, 0) is 25.0 Å². The average molecular weight is 256 g/mol. The molecule has 1 aliphatic carbocycles. The number of nitrogens with one attached hydrogen (secondary N) is 1. The van der Waals surface area contributed by atoms with Crippen LogP contribution in [0.3, 0.4) is 0 Å².